The van der Waals surface area contributed by atoms with Gasteiger partial charge in [0.05, 0.1) is 12.6 Å². The fourth-order valence-corrected chi connectivity index (χ4v) is 8.39. The third kappa shape index (κ3) is 10.5. The van der Waals surface area contributed by atoms with Crippen molar-refractivity contribution in [1.82, 2.24) is 21.3 Å². The van der Waals surface area contributed by atoms with Crippen LogP contribution >= 0.6 is 0 Å². The van der Waals surface area contributed by atoms with E-state index in [9.17, 15) is 29.1 Å². The number of carbonyl (C=O) groups excluding carboxylic acids is 5. The Morgan fingerprint density at radius 2 is 1.35 bits per heavy atom. The van der Waals surface area contributed by atoms with Gasteiger partial charge in [-0.15, -0.1) is 0 Å². The van der Waals surface area contributed by atoms with Crippen LogP contribution in [0.3, 0.4) is 0 Å². The lowest BCUT2D eigenvalue weighted by molar-refractivity contribution is -0.189. The standard InChI is InChI=1S/C39H53N5O7/c1-23(2)13-33(38(50)51-39-19-27-14-28(20-39)16-29(15-27)21-39)44-37(49)32(18-25-7-5-4-6-8-25)43-34(46)22-41-35(47)24(3)42-36(48)31(40)17-26-9-11-30(45)12-10-26/h4-12,23-24,27-29,31-33,45H,13-22,40H2,1-3H3,(H,41,47)(H,42,48)(H,43,46)(H,44,49)/t24-,27?,28?,29?,31+,32+,33+,39?/m1/s1. The second-order valence-electron chi connectivity index (χ2n) is 15.4. The molecular weight excluding hydrogens is 650 g/mol. The van der Waals surface area contributed by atoms with E-state index in [0.717, 1.165) is 30.4 Å². The molecule has 12 nitrogen and oxygen atoms in total. The van der Waals surface area contributed by atoms with Crippen LogP contribution in [0.4, 0.5) is 0 Å². The molecule has 4 saturated carbocycles. The molecule has 4 amide bonds. The van der Waals surface area contributed by atoms with Gasteiger partial charge in [0, 0.05) is 6.42 Å². The smallest absolute Gasteiger partial charge is 0.329 e. The Kier molecular flexibility index (Phi) is 12.4. The van der Waals surface area contributed by atoms with Crippen molar-refractivity contribution in [3.8, 4) is 5.75 Å². The van der Waals surface area contributed by atoms with Gasteiger partial charge in [-0.3, -0.25) is 19.2 Å². The molecule has 2 aromatic carbocycles. The van der Waals surface area contributed by atoms with Crippen LogP contribution in [-0.2, 0) is 41.6 Å². The monoisotopic (exact) mass is 703 g/mol. The van der Waals surface area contributed by atoms with Crippen LogP contribution < -0.4 is 27.0 Å². The number of hydrogen-bond donors (Lipinski definition) is 6. The second kappa shape index (κ2) is 16.7. The molecule has 0 aromatic heterocycles. The number of hydrogen-bond acceptors (Lipinski definition) is 8. The predicted molar refractivity (Wildman–Crippen MR) is 191 cm³/mol. The van der Waals surface area contributed by atoms with Crippen LogP contribution in [0.25, 0.3) is 0 Å². The van der Waals surface area contributed by atoms with Gasteiger partial charge in [-0.2, -0.15) is 0 Å². The summed E-state index contributed by atoms with van der Waals surface area (Å²) in [5.41, 5.74) is 7.12. The van der Waals surface area contributed by atoms with Crippen molar-refractivity contribution in [3.05, 3.63) is 65.7 Å². The summed E-state index contributed by atoms with van der Waals surface area (Å²) in [6.45, 7) is 4.99. The number of phenolic OH excluding ortho intramolecular Hbond substituents is 1. The summed E-state index contributed by atoms with van der Waals surface area (Å²) in [6, 6.07) is 11.7. The zero-order valence-corrected chi connectivity index (χ0v) is 29.9. The fourth-order valence-electron chi connectivity index (χ4n) is 8.39. The highest BCUT2D eigenvalue weighted by molar-refractivity contribution is 5.94. The Hall–Kier alpha value is -4.45. The van der Waals surface area contributed by atoms with Crippen molar-refractivity contribution < 1.29 is 33.8 Å². The highest BCUT2D eigenvalue weighted by Crippen LogP contribution is 2.57. The highest BCUT2D eigenvalue weighted by atomic mass is 16.6. The number of rotatable bonds is 16. The van der Waals surface area contributed by atoms with Crippen molar-refractivity contribution in [3.63, 3.8) is 0 Å². The Morgan fingerprint density at radius 1 is 0.765 bits per heavy atom. The topological polar surface area (TPSA) is 189 Å². The number of nitrogens with one attached hydrogen (secondary N) is 4. The van der Waals surface area contributed by atoms with Gasteiger partial charge < -0.3 is 36.8 Å². The Bertz CT molecular complexity index is 1510. The molecule has 51 heavy (non-hydrogen) atoms. The minimum Gasteiger partial charge on any atom is -0.508 e. The highest BCUT2D eigenvalue weighted by Gasteiger charge is 2.53. The normalized spacial score (nSPS) is 24.1. The summed E-state index contributed by atoms with van der Waals surface area (Å²) in [7, 11) is 0. The summed E-state index contributed by atoms with van der Waals surface area (Å²) < 4.78 is 6.32. The van der Waals surface area contributed by atoms with E-state index in [1.807, 2.05) is 44.2 Å². The first-order valence-electron chi connectivity index (χ1n) is 18.3. The van der Waals surface area contributed by atoms with Crippen molar-refractivity contribution >= 4 is 29.6 Å². The predicted octanol–water partition coefficient (Wildman–Crippen LogP) is 2.65. The van der Waals surface area contributed by atoms with Gasteiger partial charge >= 0.3 is 5.97 Å². The van der Waals surface area contributed by atoms with E-state index in [2.05, 4.69) is 21.3 Å². The lowest BCUT2D eigenvalue weighted by Crippen LogP contribution is -2.57. The van der Waals surface area contributed by atoms with Crippen LogP contribution in [-0.4, -0.2) is 71.0 Å². The third-order valence-electron chi connectivity index (χ3n) is 10.4. The molecule has 4 bridgehead atoms. The lowest BCUT2D eigenvalue weighted by atomic mass is 9.54. The Balaban J connectivity index is 1.16. The summed E-state index contributed by atoms with van der Waals surface area (Å²) >= 11 is 0. The largest absolute Gasteiger partial charge is 0.508 e. The molecule has 0 aliphatic heterocycles. The Labute approximate surface area is 300 Å². The molecule has 4 aliphatic rings. The second-order valence-corrected chi connectivity index (χ2v) is 15.4. The molecule has 6 rings (SSSR count). The molecule has 0 saturated heterocycles. The van der Waals surface area contributed by atoms with Gasteiger partial charge in [0.25, 0.3) is 0 Å². The number of ether oxygens (including phenoxy) is 1. The first-order valence-corrected chi connectivity index (χ1v) is 18.3. The SMILES string of the molecule is CC(C)C[C@H](NC(=O)[C@H](Cc1ccccc1)NC(=O)CNC(=O)[C@@H](C)NC(=O)[C@@H](N)Cc1ccc(O)cc1)C(=O)OC12CC3CC(CC(C3)C1)C2. The van der Waals surface area contributed by atoms with E-state index in [1.165, 1.54) is 38.3 Å². The summed E-state index contributed by atoms with van der Waals surface area (Å²) in [5, 5.41) is 20.2. The molecule has 0 spiro atoms. The molecule has 0 unspecified atom stereocenters. The zero-order chi connectivity index (χ0) is 36.7. The van der Waals surface area contributed by atoms with Gasteiger partial charge in [0.1, 0.15) is 29.5 Å². The number of aromatic hydroxyl groups is 1. The molecule has 7 N–H and O–H groups in total. The summed E-state index contributed by atoms with van der Waals surface area (Å²) in [6.07, 6.45) is 7.07. The van der Waals surface area contributed by atoms with E-state index >= 15 is 0 Å². The van der Waals surface area contributed by atoms with E-state index in [-0.39, 0.29) is 24.5 Å². The molecule has 12 heteroatoms. The average molecular weight is 704 g/mol. The van der Waals surface area contributed by atoms with Crippen LogP contribution in [0.2, 0.25) is 0 Å². The number of amides is 4. The maximum Gasteiger partial charge on any atom is 0.329 e. The molecule has 2 aromatic rings. The van der Waals surface area contributed by atoms with E-state index in [0.29, 0.717) is 24.2 Å². The molecular formula is C39H53N5O7. The van der Waals surface area contributed by atoms with Crippen molar-refractivity contribution in [2.75, 3.05) is 6.54 Å². The quantitative estimate of drug-likeness (QED) is 0.144. The van der Waals surface area contributed by atoms with Crippen LogP contribution in [0.15, 0.2) is 54.6 Å². The third-order valence-corrected chi connectivity index (χ3v) is 10.4. The molecule has 0 radical (unpaired) electrons. The lowest BCUT2D eigenvalue weighted by Gasteiger charge is -2.55. The maximum atomic E-state index is 13.8. The van der Waals surface area contributed by atoms with Crippen molar-refractivity contribution in [2.24, 2.45) is 29.4 Å². The van der Waals surface area contributed by atoms with Crippen LogP contribution in [0.5, 0.6) is 5.75 Å². The molecule has 4 atom stereocenters. The van der Waals surface area contributed by atoms with Gasteiger partial charge in [0.15, 0.2) is 0 Å². The van der Waals surface area contributed by atoms with Crippen molar-refractivity contribution in [1.29, 1.82) is 0 Å². The number of carbonyl (C=O) groups is 5. The average Bonchev–Trinajstić information content (AvgIpc) is 3.07. The minimum atomic E-state index is -1.03. The van der Waals surface area contributed by atoms with Crippen LogP contribution in [0, 0.1) is 23.7 Å². The fraction of sp³-hybridized carbons (Fsp3) is 0.564. The van der Waals surface area contributed by atoms with Gasteiger partial charge in [0.2, 0.25) is 23.6 Å². The van der Waals surface area contributed by atoms with Gasteiger partial charge in [-0.25, -0.2) is 4.79 Å². The number of phenols is 1. The summed E-state index contributed by atoms with van der Waals surface area (Å²) in [4.78, 5) is 66.1. The van der Waals surface area contributed by atoms with Crippen LogP contribution in [0.1, 0.15) is 76.8 Å². The summed E-state index contributed by atoms with van der Waals surface area (Å²) in [5.74, 6) is -0.716. The first-order chi connectivity index (χ1) is 24.3. The zero-order valence-electron chi connectivity index (χ0n) is 29.9. The van der Waals surface area contributed by atoms with E-state index in [1.54, 1.807) is 12.1 Å². The molecule has 0 heterocycles. The molecule has 276 valence electrons. The van der Waals surface area contributed by atoms with E-state index < -0.39 is 65.9 Å². The number of benzene rings is 2. The number of esters is 1. The maximum absolute atomic E-state index is 13.8. The van der Waals surface area contributed by atoms with E-state index in [4.69, 9.17) is 10.5 Å². The number of nitrogens with two attached hydrogens (primary N) is 1. The Morgan fingerprint density at radius 3 is 1.94 bits per heavy atom. The van der Waals surface area contributed by atoms with Gasteiger partial charge in [-0.1, -0.05) is 56.3 Å². The van der Waals surface area contributed by atoms with Gasteiger partial charge in [-0.05, 0) is 105 Å². The minimum absolute atomic E-state index is 0.0977. The molecule has 4 aliphatic carbocycles. The molecule has 4 fully saturated rings. The van der Waals surface area contributed by atoms with Crippen molar-refractivity contribution in [2.45, 2.75) is 108 Å². The first kappa shape index (κ1) is 37.8.